The number of benzene rings is 2. The summed E-state index contributed by atoms with van der Waals surface area (Å²) >= 11 is 3.81. The summed E-state index contributed by atoms with van der Waals surface area (Å²) in [4.78, 5) is 3.89. The van der Waals surface area contributed by atoms with Crippen molar-refractivity contribution in [3.8, 4) is 0 Å². The lowest BCUT2D eigenvalue weighted by Crippen LogP contribution is -3.00. The first-order valence-electron chi connectivity index (χ1n) is 12.7. The second-order valence-electron chi connectivity index (χ2n) is 8.77. The van der Waals surface area contributed by atoms with Gasteiger partial charge in [0, 0.05) is 30.0 Å². The zero-order chi connectivity index (χ0) is 22.9. The van der Waals surface area contributed by atoms with Gasteiger partial charge < -0.3 is 28.9 Å². The van der Waals surface area contributed by atoms with E-state index in [-0.39, 0.29) is 24.0 Å². The molecule has 3 aromatic rings. The molecular weight excluding hydrogens is 567 g/mol. The summed E-state index contributed by atoms with van der Waals surface area (Å²) < 4.78 is 3.89. The summed E-state index contributed by atoms with van der Waals surface area (Å²) in [5.74, 6) is 0. The largest absolute Gasteiger partial charge is 1.00 e. The molecule has 0 amide bonds. The molecule has 0 saturated carbocycles. The minimum atomic E-state index is 0. The van der Waals surface area contributed by atoms with Crippen molar-refractivity contribution < 1.29 is 28.5 Å². The van der Waals surface area contributed by atoms with Crippen LogP contribution in [0.4, 0.5) is 5.69 Å². The van der Waals surface area contributed by atoms with Crippen molar-refractivity contribution in [3.05, 3.63) is 70.7 Å². The quantitative estimate of drug-likeness (QED) is 0.146. The van der Waals surface area contributed by atoms with Crippen LogP contribution >= 0.6 is 23.1 Å². The van der Waals surface area contributed by atoms with Gasteiger partial charge in [0.05, 0.1) is 10.7 Å². The van der Waals surface area contributed by atoms with Crippen LogP contribution in [0.3, 0.4) is 0 Å². The van der Waals surface area contributed by atoms with E-state index in [0.29, 0.717) is 0 Å². The fraction of sp³-hybridized carbons (Fsp3) is 0.414. The maximum atomic E-state index is 2.52. The Morgan fingerprint density at radius 3 is 2.41 bits per heavy atom. The zero-order valence-electron chi connectivity index (χ0n) is 20.5. The van der Waals surface area contributed by atoms with Crippen molar-refractivity contribution >= 4 is 45.1 Å². The summed E-state index contributed by atoms with van der Waals surface area (Å²) in [5.41, 5.74) is 2.73. The molecular formula is C29H37IN2S2. The van der Waals surface area contributed by atoms with Gasteiger partial charge >= 0.3 is 0 Å². The molecule has 1 aromatic heterocycles. The van der Waals surface area contributed by atoms with Gasteiger partial charge in [0.2, 0.25) is 5.52 Å². The minimum Gasteiger partial charge on any atom is -1.00 e. The molecule has 5 heteroatoms. The van der Waals surface area contributed by atoms with Crippen LogP contribution in [-0.4, -0.2) is 6.54 Å². The maximum absolute atomic E-state index is 2.52. The number of thioether (sulfide) groups is 1. The standard InChI is InChI=1S/C29H37N2S2.HI/c1-3-5-7-13-22-30-24-16-9-11-18-26(24)32-28(30)20-15-21-29-31(23-14-8-6-4-2)25-17-10-12-19-27(25)33-29;/h9-12,15-21H,3-8,13-14,22-23H2,1-2H3;1H/q+1;/p-1. The van der Waals surface area contributed by atoms with Crippen molar-refractivity contribution in [3.63, 3.8) is 0 Å². The number of nitrogens with zero attached hydrogens (tertiary/aromatic N) is 2. The van der Waals surface area contributed by atoms with Crippen LogP contribution < -0.4 is 33.4 Å². The first kappa shape index (κ1) is 27.3. The highest BCUT2D eigenvalue weighted by Crippen LogP contribution is 2.45. The van der Waals surface area contributed by atoms with Crippen LogP contribution in [0.5, 0.6) is 0 Å². The van der Waals surface area contributed by atoms with Crippen molar-refractivity contribution in [2.24, 2.45) is 0 Å². The van der Waals surface area contributed by atoms with Crippen LogP contribution in [-0.2, 0) is 6.54 Å². The smallest absolute Gasteiger partial charge is 0.262 e. The SMILES string of the molecule is CCCCCCN1/C(=C\C=C\c2sc3ccccc3[n+]2CCCCCC)Sc2ccccc21.[I-]. The van der Waals surface area contributed by atoms with E-state index in [2.05, 4.69) is 90.1 Å². The molecule has 0 N–H and O–H groups in total. The first-order chi connectivity index (χ1) is 16.3. The zero-order valence-corrected chi connectivity index (χ0v) is 24.3. The lowest BCUT2D eigenvalue weighted by Gasteiger charge is -2.20. The lowest BCUT2D eigenvalue weighted by atomic mass is 10.2. The molecule has 0 spiro atoms. The number of aromatic nitrogens is 1. The third-order valence-electron chi connectivity index (χ3n) is 6.22. The Morgan fingerprint density at radius 1 is 0.853 bits per heavy atom. The second-order valence-corrected chi connectivity index (χ2v) is 10.9. The third kappa shape index (κ3) is 6.88. The van der Waals surface area contributed by atoms with E-state index in [4.69, 9.17) is 0 Å². The lowest BCUT2D eigenvalue weighted by molar-refractivity contribution is -0.669. The monoisotopic (exact) mass is 604 g/mol. The number of halogens is 1. The number of aryl methyl sites for hydroxylation is 1. The average Bonchev–Trinajstić information content (AvgIpc) is 3.37. The topological polar surface area (TPSA) is 7.12 Å². The molecule has 2 nitrogen and oxygen atoms in total. The number of fused-ring (bicyclic) bond motifs is 2. The molecule has 0 aliphatic carbocycles. The Balaban J connectivity index is 0.00000324. The summed E-state index contributed by atoms with van der Waals surface area (Å²) in [7, 11) is 0. The molecule has 34 heavy (non-hydrogen) atoms. The minimum absolute atomic E-state index is 0. The van der Waals surface area contributed by atoms with E-state index in [1.54, 1.807) is 0 Å². The Bertz CT molecular complexity index is 1100. The van der Waals surface area contributed by atoms with E-state index >= 15 is 0 Å². The Hall–Kier alpha value is -1.31. The van der Waals surface area contributed by atoms with Crippen molar-refractivity contribution in [2.75, 3.05) is 11.4 Å². The van der Waals surface area contributed by atoms with Crippen LogP contribution in [0.25, 0.3) is 16.3 Å². The van der Waals surface area contributed by atoms with E-state index in [0.717, 1.165) is 13.1 Å². The molecule has 0 atom stereocenters. The third-order valence-corrected chi connectivity index (χ3v) is 8.48. The normalized spacial score (nSPS) is 14.3. The van der Waals surface area contributed by atoms with Crippen molar-refractivity contribution in [1.82, 2.24) is 0 Å². The van der Waals surface area contributed by atoms with Gasteiger partial charge in [-0.05, 0) is 37.1 Å². The Kier molecular flexibility index (Phi) is 11.5. The van der Waals surface area contributed by atoms with E-state index in [1.807, 2.05) is 23.1 Å². The van der Waals surface area contributed by atoms with Gasteiger partial charge in [0.25, 0.3) is 5.01 Å². The molecule has 1 aliphatic rings. The van der Waals surface area contributed by atoms with Crippen LogP contribution in [0.2, 0.25) is 0 Å². The number of rotatable bonds is 12. The van der Waals surface area contributed by atoms with Crippen LogP contribution in [0, 0.1) is 0 Å². The molecule has 0 unspecified atom stereocenters. The second kappa shape index (κ2) is 14.3. The predicted octanol–water partition coefficient (Wildman–Crippen LogP) is 5.82. The molecule has 0 saturated heterocycles. The highest BCUT2D eigenvalue weighted by molar-refractivity contribution is 8.03. The Morgan fingerprint density at radius 2 is 1.59 bits per heavy atom. The Labute approximate surface area is 231 Å². The number of hydrogen-bond donors (Lipinski definition) is 0. The van der Waals surface area contributed by atoms with Crippen LogP contribution in [0.1, 0.15) is 70.2 Å². The molecule has 0 fully saturated rings. The summed E-state index contributed by atoms with van der Waals surface area (Å²) in [6.45, 7) is 6.76. The number of para-hydroxylation sites is 2. The molecule has 0 radical (unpaired) electrons. The van der Waals surface area contributed by atoms with Gasteiger partial charge in [-0.3, -0.25) is 0 Å². The molecule has 0 bridgehead atoms. The molecule has 4 rings (SSSR count). The van der Waals surface area contributed by atoms with Gasteiger partial charge in [-0.25, -0.2) is 0 Å². The fourth-order valence-corrected chi connectivity index (χ4v) is 6.62. The van der Waals surface area contributed by atoms with Gasteiger partial charge in [0.15, 0.2) is 6.54 Å². The van der Waals surface area contributed by atoms with Gasteiger partial charge in [-0.2, -0.15) is 4.57 Å². The van der Waals surface area contributed by atoms with Gasteiger partial charge in [-0.1, -0.05) is 99.4 Å². The number of allylic oxidation sites excluding steroid dienone is 2. The average molecular weight is 605 g/mol. The fourth-order valence-electron chi connectivity index (χ4n) is 4.42. The highest BCUT2D eigenvalue weighted by Gasteiger charge is 2.24. The summed E-state index contributed by atoms with van der Waals surface area (Å²) in [6, 6.07) is 17.7. The number of hydrogen-bond acceptors (Lipinski definition) is 3. The molecule has 1 aliphatic heterocycles. The maximum Gasteiger partial charge on any atom is 0.262 e. The number of thiazole rings is 1. The summed E-state index contributed by atoms with van der Waals surface area (Å²) in [5, 5.41) is 2.69. The van der Waals surface area contributed by atoms with Gasteiger partial charge in [0.1, 0.15) is 4.70 Å². The highest BCUT2D eigenvalue weighted by atomic mass is 127. The number of unbranched alkanes of at least 4 members (excludes halogenated alkanes) is 6. The van der Waals surface area contributed by atoms with E-state index < -0.39 is 0 Å². The van der Waals surface area contributed by atoms with Crippen LogP contribution in [0.15, 0.2) is 70.6 Å². The van der Waals surface area contributed by atoms with Crippen molar-refractivity contribution in [2.45, 2.75) is 76.7 Å². The first-order valence-corrected chi connectivity index (χ1v) is 14.3. The number of anilines is 1. The van der Waals surface area contributed by atoms with E-state index in [9.17, 15) is 0 Å². The predicted molar refractivity (Wildman–Crippen MR) is 147 cm³/mol. The van der Waals surface area contributed by atoms with E-state index in [1.165, 1.54) is 82.2 Å². The van der Waals surface area contributed by atoms with Crippen molar-refractivity contribution in [1.29, 1.82) is 0 Å². The molecule has 2 aromatic carbocycles. The van der Waals surface area contributed by atoms with Gasteiger partial charge in [-0.15, -0.1) is 0 Å². The summed E-state index contributed by atoms with van der Waals surface area (Å²) in [6.07, 6.45) is 17.2. The molecule has 182 valence electrons. The molecule has 2 heterocycles.